The summed E-state index contributed by atoms with van der Waals surface area (Å²) in [7, 11) is 0. The molecule has 3 atom stereocenters. The van der Waals surface area contributed by atoms with Gasteiger partial charge in [-0.3, -0.25) is 0 Å². The molecule has 0 unspecified atom stereocenters. The number of aliphatic hydroxyl groups is 1. The van der Waals surface area contributed by atoms with Gasteiger partial charge in [0.05, 0.1) is 16.7 Å². The Morgan fingerprint density at radius 2 is 2.69 bits per heavy atom. The first-order valence-electron chi connectivity index (χ1n) is 14.1. The zero-order valence-electron chi connectivity index (χ0n) is 27.7. The summed E-state index contributed by atoms with van der Waals surface area (Å²) in [4.78, 5) is 12.3. The van der Waals surface area contributed by atoms with Gasteiger partial charge in [-0.1, -0.05) is 0 Å². The monoisotopic (exact) mass is 247 g/mol. The molecule has 2 fully saturated rings. The lowest BCUT2D eigenvalue weighted by molar-refractivity contribution is 0.000449. The maximum absolute atomic E-state index is 13.3. The van der Waals surface area contributed by atoms with Crippen molar-refractivity contribution < 1.29 is 40.7 Å². The van der Waals surface area contributed by atoms with Crippen LogP contribution in [0.1, 0.15) is 59.4 Å². The molecule has 1 N–H and O–H groups in total. The van der Waals surface area contributed by atoms with Crippen molar-refractivity contribution in [2.75, 3.05) is 13.1 Å². The fourth-order valence-corrected chi connectivity index (χ4v) is 1.00. The third kappa shape index (κ3) is 2.48. The van der Waals surface area contributed by atoms with Crippen LogP contribution in [0.3, 0.4) is 0 Å². The Morgan fingerprint density at radius 3 is 3.38 bits per heavy atom. The van der Waals surface area contributed by atoms with Crippen LogP contribution in [0, 0.1) is 11.8 Å². The highest BCUT2D eigenvalue weighted by atomic mass is 16.6. The third-order valence-electron chi connectivity index (χ3n) is 1.66. The van der Waals surface area contributed by atoms with Gasteiger partial charge in [-0.2, -0.15) is 0 Å². The lowest BCUT2D eigenvalue weighted by Gasteiger charge is -2.35. The van der Waals surface area contributed by atoms with E-state index in [1.54, 1.807) is 0 Å². The van der Waals surface area contributed by atoms with E-state index in [4.69, 9.17) is 27.5 Å². The molecule has 1 heterocycles. The molecule has 1 saturated heterocycles. The Balaban J connectivity index is 2.96. The second kappa shape index (κ2) is 3.91. The molecule has 1 saturated carbocycles. The molecule has 1 aliphatic carbocycles. The predicted octanol–water partition coefficient (Wildman–Crippen LogP) is 1.62. The maximum atomic E-state index is 13.3. The molecule has 2 rings (SSSR count). The zero-order valence-corrected chi connectivity index (χ0v) is 7.75. The number of amides is 1. The lowest BCUT2D eigenvalue weighted by atomic mass is 10.0. The molecule has 0 aromatic carbocycles. The molecule has 4 nitrogen and oxygen atoms in total. The van der Waals surface area contributed by atoms with Gasteiger partial charge in [0.15, 0.2) is 0 Å². The fourth-order valence-electron chi connectivity index (χ4n) is 1.00. The summed E-state index contributed by atoms with van der Waals surface area (Å²) in [5.41, 5.74) is -4.09. The number of rotatable bonds is 2. The number of carbonyl (C=O) groups excluding carboxylic acids is 1. The number of fused-ring (bicyclic) bond motifs is 1. The van der Waals surface area contributed by atoms with Crippen molar-refractivity contribution in [1.29, 1.82) is 1.43 Å². The molecule has 0 aromatic heterocycles. The quantitative estimate of drug-likeness (QED) is 0.807. The molecule has 0 bridgehead atoms. The average Bonchev–Trinajstić information content (AvgIpc) is 3.04. The van der Waals surface area contributed by atoms with E-state index < -0.39 is 80.8 Å². The summed E-state index contributed by atoms with van der Waals surface area (Å²) in [6, 6.07) is -4.34. The second-order valence-electron chi connectivity index (χ2n) is 3.00. The van der Waals surface area contributed by atoms with Gasteiger partial charge in [-0.25, -0.2) is 4.79 Å². The molecule has 92 valence electrons. The summed E-state index contributed by atoms with van der Waals surface area (Å²) in [6.07, 6.45) is -10.4. The first-order valence-corrected chi connectivity index (χ1v) is 4.03. The van der Waals surface area contributed by atoms with Crippen molar-refractivity contribution in [2.24, 2.45) is 11.8 Å². The van der Waals surface area contributed by atoms with Gasteiger partial charge in [0, 0.05) is 28.4 Å². The van der Waals surface area contributed by atoms with Crippen molar-refractivity contribution >= 4 is 6.09 Å². The van der Waals surface area contributed by atoms with Gasteiger partial charge < -0.3 is 14.7 Å². The number of ether oxygens (including phenoxy) is 1. The number of hydrogen-bond acceptors (Lipinski definition) is 3. The van der Waals surface area contributed by atoms with Crippen LogP contribution in [0.5, 0.6) is 0 Å². The van der Waals surface area contributed by atoms with Crippen LogP contribution < -0.4 is 0 Å². The molecule has 4 heteroatoms. The molecule has 0 aromatic rings. The summed E-state index contributed by atoms with van der Waals surface area (Å²) in [5, 5.41) is 3.69. The first kappa shape index (κ1) is 2.35. The largest absolute Gasteiger partial charge is 0.444 e. The van der Waals surface area contributed by atoms with Crippen LogP contribution in [0.25, 0.3) is 0 Å². The molecule has 0 spiro atoms. The van der Waals surface area contributed by atoms with E-state index in [-0.39, 0.29) is 0 Å². The van der Waals surface area contributed by atoms with Crippen molar-refractivity contribution in [3.05, 3.63) is 0 Å². The summed E-state index contributed by atoms with van der Waals surface area (Å²) in [6.45, 7) is -19.4. The van der Waals surface area contributed by atoms with E-state index >= 15 is 0 Å². The minimum absolute atomic E-state index is 0.965. The van der Waals surface area contributed by atoms with Gasteiger partial charge in [0.1, 0.15) is 5.60 Å². The smallest absolute Gasteiger partial charge is 0.410 e. The van der Waals surface area contributed by atoms with E-state index in [9.17, 15) is 4.79 Å². The normalized spacial score (nSPS) is 77.4. The zero-order chi connectivity index (χ0) is 29.1. The molecule has 2 aliphatic rings. The van der Waals surface area contributed by atoms with Gasteiger partial charge in [0.2, 0.25) is 1.43 Å². The number of nitrogens with zero attached hydrogens (tertiary/aromatic N) is 1. The molecule has 1 aliphatic heterocycles. The van der Waals surface area contributed by atoms with Gasteiger partial charge in [-0.15, -0.1) is 0 Å². The van der Waals surface area contributed by atoms with Crippen LogP contribution >= 0.6 is 0 Å². The Hall–Kier alpha value is -0.770. The topological polar surface area (TPSA) is 49.8 Å². The third-order valence-corrected chi connectivity index (χ3v) is 1.66. The van der Waals surface area contributed by atoms with Crippen molar-refractivity contribution in [3.63, 3.8) is 0 Å². The van der Waals surface area contributed by atoms with Gasteiger partial charge in [0.25, 0.3) is 0 Å². The average molecular weight is 247 g/mol. The summed E-state index contributed by atoms with van der Waals surface area (Å²) < 4.78 is 161. The Bertz CT molecular complexity index is 914. The molecule has 0 radical (unpaired) electrons. The Kier molecular flexibility index (Phi) is 0.575. The van der Waals surface area contributed by atoms with E-state index in [2.05, 4.69) is 9.85 Å². The highest BCUT2D eigenvalue weighted by Gasteiger charge is 2.47. The molecular weight excluding hydrogens is 206 g/mol. The Morgan fingerprint density at radius 1 is 1.81 bits per heavy atom. The minimum atomic E-state index is -4.34. The minimum Gasteiger partial charge on any atom is -0.444 e. The number of hydrogen-bond donors (Lipinski definition) is 1. The molecule has 16 heavy (non-hydrogen) atoms. The van der Waals surface area contributed by atoms with E-state index in [0.717, 1.165) is 0 Å². The second-order valence-corrected chi connectivity index (χ2v) is 3.00. The highest BCUT2D eigenvalue weighted by molar-refractivity contribution is 5.69. The standard InChI is InChI=1S/C12H21NO3/c1-12(2,3)16-11(15)13-6-9-4-8(9)5-10(13)7-14/h8-10,14H,4-7H2,1-3H3/t8-,9+,10+/m1/s1/i1D2,2D3,3D3,4D2,5D2,6D2,7D2,8D,9D,10D,14D. The Labute approximate surface area is 125 Å². The van der Waals surface area contributed by atoms with Crippen LogP contribution in [-0.2, 0) is 4.74 Å². The van der Waals surface area contributed by atoms with Crippen LogP contribution in [0.2, 0.25) is 0 Å². The summed E-state index contributed by atoms with van der Waals surface area (Å²) in [5.74, 6) is -7.26. The van der Waals surface area contributed by atoms with Gasteiger partial charge in [-0.05, 0) is 45.1 Å². The van der Waals surface area contributed by atoms with E-state index in [1.807, 2.05) is 0 Å². The number of piperidine rings is 1. The molecular formula is C12H21NO3. The molecule has 1 amide bonds. The van der Waals surface area contributed by atoms with Crippen LogP contribution in [0.4, 0.5) is 4.79 Å². The number of carbonyl (C=O) groups is 1. The van der Waals surface area contributed by atoms with Crippen molar-refractivity contribution in [3.8, 4) is 0 Å². The van der Waals surface area contributed by atoms with Crippen molar-refractivity contribution in [1.82, 2.24) is 4.90 Å². The highest BCUT2D eigenvalue weighted by Crippen LogP contribution is 2.47. The van der Waals surface area contributed by atoms with Crippen molar-refractivity contribution in [2.45, 2.75) is 44.9 Å². The fraction of sp³-hybridized carbons (Fsp3) is 0.917. The predicted molar refractivity (Wildman–Crippen MR) is 60.0 cm³/mol. The summed E-state index contributed by atoms with van der Waals surface area (Å²) >= 11 is 0. The van der Waals surface area contributed by atoms with E-state index in [1.165, 1.54) is 0 Å². The first-order chi connectivity index (χ1) is 15.5. The van der Waals surface area contributed by atoms with Crippen LogP contribution in [0.15, 0.2) is 0 Å². The van der Waals surface area contributed by atoms with Crippen LogP contribution in [-0.4, -0.2) is 42.2 Å². The number of likely N-dealkylation sites (tertiary alicyclic amines) is 1. The SMILES string of the molecule is [2H]OC([2H])([2H])[C@@]1([2H])N(C(=O)OC(C([2H])[2H])(C([2H])([2H])[2H])C([2H])([2H])[2H])C([2H])([2H])[C@]2([2H])C([2H])([2H])[C@]2([2H])C1([2H])[2H]. The lowest BCUT2D eigenvalue weighted by Crippen LogP contribution is -2.48. The van der Waals surface area contributed by atoms with E-state index in [0.29, 0.717) is 0 Å². The van der Waals surface area contributed by atoms with Gasteiger partial charge >= 0.3 is 6.09 Å². The maximum Gasteiger partial charge on any atom is 0.410 e.